The lowest BCUT2D eigenvalue weighted by molar-refractivity contribution is -0.385. The Morgan fingerprint density at radius 2 is 2.08 bits per heavy atom. The number of rotatable bonds is 3. The largest absolute Gasteiger partial charge is 0.495 e. The van der Waals surface area contributed by atoms with Gasteiger partial charge in [-0.1, -0.05) is 30.4 Å². The number of allylic oxidation sites excluding steroid dienone is 2. The van der Waals surface area contributed by atoms with E-state index >= 15 is 0 Å². The predicted octanol–water partition coefficient (Wildman–Crippen LogP) is 4.57. The van der Waals surface area contributed by atoms with Gasteiger partial charge in [-0.2, -0.15) is 0 Å². The van der Waals surface area contributed by atoms with E-state index in [0.29, 0.717) is 22.6 Å². The second-order valence-electron chi connectivity index (χ2n) is 6.33. The third-order valence-corrected chi connectivity index (χ3v) is 5.12. The van der Waals surface area contributed by atoms with E-state index in [1.165, 1.54) is 19.2 Å². The van der Waals surface area contributed by atoms with Crippen LogP contribution in [0.25, 0.3) is 0 Å². The van der Waals surface area contributed by atoms with Gasteiger partial charge in [0.1, 0.15) is 11.6 Å². The summed E-state index contributed by atoms with van der Waals surface area (Å²) < 4.78 is 19.8. The highest BCUT2D eigenvalue weighted by molar-refractivity contribution is 5.73. The van der Waals surface area contributed by atoms with Crippen LogP contribution in [0.1, 0.15) is 29.5 Å². The van der Waals surface area contributed by atoms with Gasteiger partial charge in [0.05, 0.1) is 29.3 Å². The first-order valence-electron chi connectivity index (χ1n) is 8.14. The number of hydrogen-bond acceptors (Lipinski definition) is 4. The molecule has 0 saturated carbocycles. The van der Waals surface area contributed by atoms with Gasteiger partial charge >= 0.3 is 0 Å². The topological polar surface area (TPSA) is 64.4 Å². The Bertz CT molecular complexity index is 881. The first-order valence-corrected chi connectivity index (χ1v) is 8.14. The summed E-state index contributed by atoms with van der Waals surface area (Å²) in [7, 11) is 1.53. The number of methoxy groups -OCH3 is 1. The van der Waals surface area contributed by atoms with E-state index < -0.39 is 0 Å². The highest BCUT2D eigenvalue weighted by Gasteiger charge is 2.43. The number of benzene rings is 2. The molecule has 1 aliphatic heterocycles. The minimum Gasteiger partial charge on any atom is -0.495 e. The fourth-order valence-electron chi connectivity index (χ4n) is 4.03. The molecule has 2 aromatic rings. The summed E-state index contributed by atoms with van der Waals surface area (Å²) in [5, 5.41) is 14.9. The summed E-state index contributed by atoms with van der Waals surface area (Å²) in [6.45, 7) is 0. The zero-order valence-corrected chi connectivity index (χ0v) is 13.6. The van der Waals surface area contributed by atoms with E-state index in [-0.39, 0.29) is 34.3 Å². The average molecular weight is 340 g/mol. The van der Waals surface area contributed by atoms with Crippen molar-refractivity contribution in [2.24, 2.45) is 5.92 Å². The zero-order chi connectivity index (χ0) is 17.6. The quantitative estimate of drug-likeness (QED) is 0.505. The van der Waals surface area contributed by atoms with E-state index in [0.717, 1.165) is 6.42 Å². The van der Waals surface area contributed by atoms with Gasteiger partial charge in [-0.3, -0.25) is 10.1 Å². The van der Waals surface area contributed by atoms with Gasteiger partial charge in [0.15, 0.2) is 0 Å². The molecule has 0 saturated heterocycles. The molecule has 0 unspecified atom stereocenters. The number of halogens is 1. The van der Waals surface area contributed by atoms with Gasteiger partial charge in [-0.25, -0.2) is 4.39 Å². The highest BCUT2D eigenvalue weighted by atomic mass is 19.1. The van der Waals surface area contributed by atoms with Crippen molar-refractivity contribution in [3.8, 4) is 5.75 Å². The number of anilines is 1. The van der Waals surface area contributed by atoms with E-state index in [2.05, 4.69) is 5.32 Å². The standard InChI is InChI=1S/C19H17FN2O3/c1-25-16-10-9-15(22(23)24)17-11-6-4-7-12(11)18(21-19(16)17)13-5-2-3-8-14(13)20/h2-6,8-12,18,21H,7H2,1H3/t11-,12-,18-/m0/s1. The van der Waals surface area contributed by atoms with Crippen LogP contribution in [0, 0.1) is 21.8 Å². The van der Waals surface area contributed by atoms with Crippen molar-refractivity contribution >= 4 is 11.4 Å². The molecule has 1 heterocycles. The van der Waals surface area contributed by atoms with Crippen LogP contribution in [0.3, 0.4) is 0 Å². The van der Waals surface area contributed by atoms with Crippen molar-refractivity contribution in [2.45, 2.75) is 18.4 Å². The highest BCUT2D eigenvalue weighted by Crippen LogP contribution is 2.55. The molecule has 2 aromatic carbocycles. The number of nitrogens with zero attached hydrogens (tertiary/aromatic N) is 1. The molecule has 0 fully saturated rings. The van der Waals surface area contributed by atoms with Crippen molar-refractivity contribution in [1.29, 1.82) is 0 Å². The molecular weight excluding hydrogens is 323 g/mol. The number of nitro benzene ring substituents is 1. The van der Waals surface area contributed by atoms with Crippen molar-refractivity contribution in [3.05, 3.63) is 75.6 Å². The summed E-state index contributed by atoms with van der Waals surface area (Å²) in [6, 6.07) is 9.45. The van der Waals surface area contributed by atoms with Crippen LogP contribution >= 0.6 is 0 Å². The minimum absolute atomic E-state index is 0.0233. The van der Waals surface area contributed by atoms with E-state index in [1.807, 2.05) is 12.2 Å². The van der Waals surface area contributed by atoms with E-state index in [9.17, 15) is 14.5 Å². The number of nitro groups is 1. The molecule has 0 bridgehead atoms. The smallest absolute Gasteiger partial charge is 0.275 e. The number of nitrogens with one attached hydrogen (secondary N) is 1. The lowest BCUT2D eigenvalue weighted by Gasteiger charge is -2.37. The molecule has 1 aliphatic carbocycles. The lowest BCUT2D eigenvalue weighted by Crippen LogP contribution is -2.30. The molecule has 2 aliphatic rings. The maximum Gasteiger partial charge on any atom is 0.275 e. The molecule has 3 atom stereocenters. The molecule has 25 heavy (non-hydrogen) atoms. The van der Waals surface area contributed by atoms with Crippen LogP contribution in [0.4, 0.5) is 15.8 Å². The van der Waals surface area contributed by atoms with E-state index in [4.69, 9.17) is 4.74 Å². The van der Waals surface area contributed by atoms with Crippen molar-refractivity contribution in [2.75, 3.05) is 12.4 Å². The number of fused-ring (bicyclic) bond motifs is 3. The maximum atomic E-state index is 14.4. The van der Waals surface area contributed by atoms with Crippen LogP contribution in [-0.4, -0.2) is 12.0 Å². The molecule has 0 radical (unpaired) electrons. The van der Waals surface area contributed by atoms with Gasteiger partial charge in [0.25, 0.3) is 5.69 Å². The normalized spacial score (nSPS) is 23.5. The number of ether oxygens (including phenoxy) is 1. The summed E-state index contributed by atoms with van der Waals surface area (Å²) in [4.78, 5) is 11.2. The lowest BCUT2D eigenvalue weighted by atomic mass is 9.76. The predicted molar refractivity (Wildman–Crippen MR) is 92.4 cm³/mol. The molecule has 6 heteroatoms. The van der Waals surface area contributed by atoms with Crippen molar-refractivity contribution in [3.63, 3.8) is 0 Å². The summed E-state index contributed by atoms with van der Waals surface area (Å²) in [6.07, 6.45) is 4.75. The van der Waals surface area contributed by atoms with Crippen LogP contribution in [-0.2, 0) is 0 Å². The monoisotopic (exact) mass is 340 g/mol. The Labute approximate surface area is 144 Å². The Kier molecular flexibility index (Phi) is 3.67. The molecule has 0 aromatic heterocycles. The van der Waals surface area contributed by atoms with Crippen LogP contribution in [0.15, 0.2) is 48.6 Å². The molecule has 0 spiro atoms. The second kappa shape index (κ2) is 5.88. The summed E-state index contributed by atoms with van der Waals surface area (Å²) in [5.74, 6) is 0.130. The second-order valence-corrected chi connectivity index (χ2v) is 6.33. The Balaban J connectivity index is 1.91. The third-order valence-electron chi connectivity index (χ3n) is 5.12. The summed E-state index contributed by atoms with van der Waals surface area (Å²) >= 11 is 0. The minimum atomic E-state index is -0.368. The van der Waals surface area contributed by atoms with E-state index in [1.54, 1.807) is 24.3 Å². The maximum absolute atomic E-state index is 14.4. The van der Waals surface area contributed by atoms with Crippen LogP contribution in [0.5, 0.6) is 5.75 Å². The van der Waals surface area contributed by atoms with Crippen LogP contribution in [0.2, 0.25) is 0 Å². The number of hydrogen-bond donors (Lipinski definition) is 1. The van der Waals surface area contributed by atoms with Crippen molar-refractivity contribution in [1.82, 2.24) is 0 Å². The van der Waals surface area contributed by atoms with Crippen molar-refractivity contribution < 1.29 is 14.1 Å². The molecule has 128 valence electrons. The van der Waals surface area contributed by atoms with Gasteiger partial charge in [-0.05, 0) is 24.5 Å². The molecule has 5 nitrogen and oxygen atoms in total. The fourth-order valence-corrected chi connectivity index (χ4v) is 4.03. The SMILES string of the molecule is COc1ccc([N+](=O)[O-])c2c1N[C@H](c1ccccc1F)[C@H]1CC=C[C@H]21. The van der Waals surface area contributed by atoms with Crippen LogP contribution < -0.4 is 10.1 Å². The van der Waals surface area contributed by atoms with Gasteiger partial charge in [0.2, 0.25) is 0 Å². The molecule has 4 rings (SSSR count). The van der Waals surface area contributed by atoms with Gasteiger partial charge in [0, 0.05) is 17.5 Å². The Hall–Kier alpha value is -2.89. The fraction of sp³-hybridized carbons (Fsp3) is 0.263. The zero-order valence-electron chi connectivity index (χ0n) is 13.6. The molecular formula is C19H17FN2O3. The van der Waals surface area contributed by atoms with Gasteiger partial charge in [-0.15, -0.1) is 0 Å². The third kappa shape index (κ3) is 2.36. The van der Waals surface area contributed by atoms with Gasteiger partial charge < -0.3 is 10.1 Å². The Morgan fingerprint density at radius 1 is 1.28 bits per heavy atom. The molecule has 0 amide bonds. The Morgan fingerprint density at radius 3 is 2.80 bits per heavy atom. The summed E-state index contributed by atoms with van der Waals surface area (Å²) in [5.41, 5.74) is 1.84. The molecule has 1 N–H and O–H groups in total. The average Bonchev–Trinajstić information content (AvgIpc) is 3.10. The first kappa shape index (κ1) is 15.6. The first-order chi connectivity index (χ1) is 12.1.